The van der Waals surface area contributed by atoms with Crippen molar-refractivity contribution < 1.29 is 4.39 Å². The molecule has 0 saturated carbocycles. The first-order chi connectivity index (χ1) is 6.26. The predicted octanol–water partition coefficient (Wildman–Crippen LogP) is 1.06. The second-order valence-electron chi connectivity index (χ2n) is 3.51. The number of rotatable bonds is 3. The Morgan fingerprint density at radius 3 is 3.00 bits per heavy atom. The van der Waals surface area contributed by atoms with E-state index in [9.17, 15) is 4.39 Å². The molecule has 0 aromatic carbocycles. The van der Waals surface area contributed by atoms with E-state index in [0.29, 0.717) is 18.8 Å². The molecule has 1 fully saturated rings. The van der Waals surface area contributed by atoms with Crippen LogP contribution in [0, 0.1) is 0 Å². The van der Waals surface area contributed by atoms with Crippen LogP contribution in [-0.4, -0.2) is 22.9 Å². The smallest absolute Gasteiger partial charge is 0.176 e. The first-order valence-corrected chi connectivity index (χ1v) is 4.68. The molecule has 13 heavy (non-hydrogen) atoms. The van der Waals surface area contributed by atoms with Gasteiger partial charge in [0.2, 0.25) is 0 Å². The number of aromatic nitrogens is 2. The van der Waals surface area contributed by atoms with Crippen molar-refractivity contribution in [3.8, 4) is 0 Å². The number of halogens is 1. The van der Waals surface area contributed by atoms with Gasteiger partial charge in [0.05, 0.1) is 5.69 Å². The molecule has 1 saturated heterocycles. The van der Waals surface area contributed by atoms with Crippen LogP contribution in [0.1, 0.15) is 19.0 Å². The van der Waals surface area contributed by atoms with Gasteiger partial charge in [-0.1, -0.05) is 6.92 Å². The third-order valence-electron chi connectivity index (χ3n) is 2.42. The summed E-state index contributed by atoms with van der Waals surface area (Å²) in [6, 6.07) is 1.77. The van der Waals surface area contributed by atoms with Gasteiger partial charge in [0, 0.05) is 25.8 Å². The van der Waals surface area contributed by atoms with Gasteiger partial charge in [-0.15, -0.1) is 0 Å². The molecule has 1 aromatic heterocycles. The van der Waals surface area contributed by atoms with Crippen molar-refractivity contribution in [3.63, 3.8) is 0 Å². The average Bonchev–Trinajstić information content (AvgIpc) is 2.49. The maximum absolute atomic E-state index is 13.9. The molecule has 72 valence electrons. The normalized spacial score (nSPS) is 19.8. The van der Waals surface area contributed by atoms with Gasteiger partial charge in [0.15, 0.2) is 5.67 Å². The van der Waals surface area contributed by atoms with Crippen molar-refractivity contribution in [2.75, 3.05) is 13.1 Å². The number of nitrogens with zero attached hydrogens (tertiary/aromatic N) is 2. The zero-order valence-electron chi connectivity index (χ0n) is 7.76. The molecule has 1 aliphatic heterocycles. The maximum atomic E-state index is 13.9. The fourth-order valence-electron chi connectivity index (χ4n) is 1.63. The summed E-state index contributed by atoms with van der Waals surface area (Å²) in [5.74, 6) is 0. The van der Waals surface area contributed by atoms with Crippen LogP contribution in [0.3, 0.4) is 0 Å². The summed E-state index contributed by atoms with van der Waals surface area (Å²) in [7, 11) is 0. The standard InChI is InChI=1S/C9H14FN3/c1-2-5-13-8(3-4-12-13)9(10)6-11-7-9/h3-4,11H,2,5-7H2,1H3. The van der Waals surface area contributed by atoms with E-state index in [2.05, 4.69) is 17.3 Å². The van der Waals surface area contributed by atoms with Crippen molar-refractivity contribution in [3.05, 3.63) is 18.0 Å². The zero-order valence-corrected chi connectivity index (χ0v) is 7.76. The van der Waals surface area contributed by atoms with Crippen molar-refractivity contribution in [2.24, 2.45) is 0 Å². The van der Waals surface area contributed by atoms with Crippen molar-refractivity contribution in [2.45, 2.75) is 25.6 Å². The van der Waals surface area contributed by atoms with Crippen LogP contribution < -0.4 is 5.32 Å². The molecule has 0 radical (unpaired) electrons. The summed E-state index contributed by atoms with van der Waals surface area (Å²) in [6.45, 7) is 3.70. The second-order valence-corrected chi connectivity index (χ2v) is 3.51. The Hall–Kier alpha value is -0.900. The molecule has 1 N–H and O–H groups in total. The largest absolute Gasteiger partial charge is 0.309 e. The Kier molecular flexibility index (Phi) is 2.07. The van der Waals surface area contributed by atoms with Crippen LogP contribution in [0.25, 0.3) is 0 Å². The van der Waals surface area contributed by atoms with Gasteiger partial charge in [-0.25, -0.2) is 4.39 Å². The molecular formula is C9H14FN3. The van der Waals surface area contributed by atoms with E-state index in [-0.39, 0.29) is 0 Å². The average molecular weight is 183 g/mol. The highest BCUT2D eigenvalue weighted by atomic mass is 19.1. The summed E-state index contributed by atoms with van der Waals surface area (Å²) in [6.07, 6.45) is 2.66. The predicted molar refractivity (Wildman–Crippen MR) is 48.2 cm³/mol. The number of aryl methyl sites for hydroxylation is 1. The topological polar surface area (TPSA) is 29.9 Å². The SMILES string of the molecule is CCCn1nccc1C1(F)CNC1. The quantitative estimate of drug-likeness (QED) is 0.759. The molecule has 0 spiro atoms. The molecule has 0 unspecified atom stereocenters. The fourth-order valence-corrected chi connectivity index (χ4v) is 1.63. The molecule has 0 aliphatic carbocycles. The van der Waals surface area contributed by atoms with E-state index in [1.54, 1.807) is 16.9 Å². The summed E-state index contributed by atoms with van der Waals surface area (Å²) >= 11 is 0. The molecule has 2 heterocycles. The van der Waals surface area contributed by atoms with Gasteiger partial charge >= 0.3 is 0 Å². The fraction of sp³-hybridized carbons (Fsp3) is 0.667. The maximum Gasteiger partial charge on any atom is 0.176 e. The number of hydrogen-bond acceptors (Lipinski definition) is 2. The highest BCUT2D eigenvalue weighted by molar-refractivity contribution is 5.17. The lowest BCUT2D eigenvalue weighted by Gasteiger charge is -2.35. The van der Waals surface area contributed by atoms with E-state index in [1.165, 1.54) is 0 Å². The molecule has 4 heteroatoms. The Bertz CT molecular complexity index is 291. The van der Waals surface area contributed by atoms with Gasteiger partial charge in [0.1, 0.15) is 0 Å². The molecule has 0 atom stereocenters. The minimum atomic E-state index is -1.17. The van der Waals surface area contributed by atoms with Gasteiger partial charge in [-0.05, 0) is 12.5 Å². The first kappa shape index (κ1) is 8.69. The number of alkyl halides is 1. The lowest BCUT2D eigenvalue weighted by Crippen LogP contribution is -2.54. The zero-order chi connectivity index (χ0) is 9.31. The van der Waals surface area contributed by atoms with Gasteiger partial charge in [-0.3, -0.25) is 4.68 Å². The van der Waals surface area contributed by atoms with E-state index in [0.717, 1.165) is 13.0 Å². The monoisotopic (exact) mass is 183 g/mol. The van der Waals surface area contributed by atoms with Crippen molar-refractivity contribution >= 4 is 0 Å². The number of nitrogens with one attached hydrogen (secondary N) is 1. The van der Waals surface area contributed by atoms with E-state index < -0.39 is 5.67 Å². The Morgan fingerprint density at radius 2 is 2.46 bits per heavy atom. The van der Waals surface area contributed by atoms with Crippen LogP contribution in [0.5, 0.6) is 0 Å². The van der Waals surface area contributed by atoms with Crippen LogP contribution in [0.15, 0.2) is 12.3 Å². The molecule has 1 aromatic rings. The molecular weight excluding hydrogens is 169 g/mol. The van der Waals surface area contributed by atoms with Crippen LogP contribution >= 0.6 is 0 Å². The summed E-state index contributed by atoms with van der Waals surface area (Å²) < 4.78 is 15.7. The first-order valence-electron chi connectivity index (χ1n) is 4.68. The van der Waals surface area contributed by atoms with E-state index in [1.807, 2.05) is 0 Å². The van der Waals surface area contributed by atoms with Gasteiger partial charge in [0.25, 0.3) is 0 Å². The molecule has 0 bridgehead atoms. The van der Waals surface area contributed by atoms with E-state index in [4.69, 9.17) is 0 Å². The Balaban J connectivity index is 2.23. The molecule has 2 rings (SSSR count). The van der Waals surface area contributed by atoms with E-state index >= 15 is 0 Å². The highest BCUT2D eigenvalue weighted by Crippen LogP contribution is 2.29. The third kappa shape index (κ3) is 1.35. The second kappa shape index (κ2) is 3.10. The summed E-state index contributed by atoms with van der Waals surface area (Å²) in [4.78, 5) is 0. The molecule has 3 nitrogen and oxygen atoms in total. The molecule has 1 aliphatic rings. The van der Waals surface area contributed by atoms with Crippen LogP contribution in [0.4, 0.5) is 4.39 Å². The summed E-state index contributed by atoms with van der Waals surface area (Å²) in [5, 5.41) is 7.05. The van der Waals surface area contributed by atoms with Crippen LogP contribution in [0.2, 0.25) is 0 Å². The Labute approximate surface area is 76.9 Å². The minimum Gasteiger partial charge on any atom is -0.309 e. The lowest BCUT2D eigenvalue weighted by atomic mass is 9.95. The van der Waals surface area contributed by atoms with Gasteiger partial charge < -0.3 is 5.32 Å². The third-order valence-corrected chi connectivity index (χ3v) is 2.42. The van der Waals surface area contributed by atoms with Crippen LogP contribution in [-0.2, 0) is 12.2 Å². The summed E-state index contributed by atoms with van der Waals surface area (Å²) in [5.41, 5.74) is -0.459. The molecule has 0 amide bonds. The van der Waals surface area contributed by atoms with Gasteiger partial charge in [-0.2, -0.15) is 5.10 Å². The highest BCUT2D eigenvalue weighted by Gasteiger charge is 2.41. The lowest BCUT2D eigenvalue weighted by molar-refractivity contribution is 0.0779. The number of hydrogen-bond donors (Lipinski definition) is 1. The van der Waals surface area contributed by atoms with Crippen molar-refractivity contribution in [1.29, 1.82) is 0 Å². The minimum absolute atomic E-state index is 0.419. The van der Waals surface area contributed by atoms with Crippen molar-refractivity contribution in [1.82, 2.24) is 15.1 Å². The Morgan fingerprint density at radius 1 is 1.69 bits per heavy atom.